The summed E-state index contributed by atoms with van der Waals surface area (Å²) in [5.41, 5.74) is 2.41. The standard InChI is InChI=1S/C21H20BrN5O/c22-17-8-6-16(7-9-17)20(28)25-18-14-23-21(24-15-18)27-12-10-26(11-13-27)19-4-2-1-3-5-19/h1-9,14-15H,10-13H2,(H,25,28). The Morgan fingerprint density at radius 3 is 2.11 bits per heavy atom. The van der Waals surface area contributed by atoms with Crippen LogP contribution in [-0.2, 0) is 0 Å². The van der Waals surface area contributed by atoms with E-state index in [-0.39, 0.29) is 5.91 Å². The average molecular weight is 438 g/mol. The Balaban J connectivity index is 1.35. The summed E-state index contributed by atoms with van der Waals surface area (Å²) in [5.74, 6) is 0.509. The van der Waals surface area contributed by atoms with E-state index >= 15 is 0 Å². The van der Waals surface area contributed by atoms with Gasteiger partial charge >= 0.3 is 0 Å². The second-order valence-electron chi connectivity index (χ2n) is 6.54. The van der Waals surface area contributed by atoms with Crippen molar-refractivity contribution in [2.75, 3.05) is 41.3 Å². The maximum Gasteiger partial charge on any atom is 0.255 e. The number of halogens is 1. The summed E-state index contributed by atoms with van der Waals surface area (Å²) in [5, 5.41) is 2.83. The first kappa shape index (κ1) is 18.4. The molecule has 1 N–H and O–H groups in total. The summed E-state index contributed by atoms with van der Waals surface area (Å²) in [6.45, 7) is 3.57. The first-order chi connectivity index (χ1) is 13.7. The van der Waals surface area contributed by atoms with Crippen LogP contribution in [0, 0.1) is 0 Å². The number of carbonyl (C=O) groups is 1. The molecule has 4 rings (SSSR count). The smallest absolute Gasteiger partial charge is 0.255 e. The lowest BCUT2D eigenvalue weighted by Crippen LogP contribution is -2.47. The van der Waals surface area contributed by atoms with E-state index in [1.54, 1.807) is 24.5 Å². The van der Waals surface area contributed by atoms with E-state index in [2.05, 4.69) is 65.3 Å². The normalized spacial score (nSPS) is 14.0. The van der Waals surface area contributed by atoms with Crippen LogP contribution in [0.25, 0.3) is 0 Å². The van der Waals surface area contributed by atoms with Crippen LogP contribution >= 0.6 is 15.9 Å². The molecule has 1 fully saturated rings. The minimum absolute atomic E-state index is 0.180. The number of carbonyl (C=O) groups excluding carboxylic acids is 1. The molecule has 3 aromatic rings. The SMILES string of the molecule is O=C(Nc1cnc(N2CCN(c3ccccc3)CC2)nc1)c1ccc(Br)cc1. The molecule has 2 heterocycles. The highest BCUT2D eigenvalue weighted by Crippen LogP contribution is 2.19. The van der Waals surface area contributed by atoms with Crippen LogP contribution in [0.3, 0.4) is 0 Å². The Bertz CT molecular complexity index is 923. The number of hydrogen-bond acceptors (Lipinski definition) is 5. The van der Waals surface area contributed by atoms with E-state index in [0.29, 0.717) is 17.2 Å². The van der Waals surface area contributed by atoms with Gasteiger partial charge in [0, 0.05) is 41.9 Å². The predicted molar refractivity (Wildman–Crippen MR) is 115 cm³/mol. The number of nitrogens with zero attached hydrogens (tertiary/aromatic N) is 4. The molecule has 1 aliphatic rings. The van der Waals surface area contributed by atoms with E-state index in [4.69, 9.17) is 0 Å². The summed E-state index contributed by atoms with van der Waals surface area (Å²) in [4.78, 5) is 25.7. The quantitative estimate of drug-likeness (QED) is 0.671. The first-order valence-electron chi connectivity index (χ1n) is 9.13. The van der Waals surface area contributed by atoms with Crippen LogP contribution in [0.1, 0.15) is 10.4 Å². The van der Waals surface area contributed by atoms with Crippen molar-refractivity contribution < 1.29 is 4.79 Å². The van der Waals surface area contributed by atoms with Crippen molar-refractivity contribution in [2.24, 2.45) is 0 Å². The predicted octanol–water partition coefficient (Wildman–Crippen LogP) is 3.82. The number of aromatic nitrogens is 2. The van der Waals surface area contributed by atoms with E-state index in [9.17, 15) is 4.79 Å². The van der Waals surface area contributed by atoms with Crippen LogP contribution in [-0.4, -0.2) is 42.1 Å². The van der Waals surface area contributed by atoms with Gasteiger partial charge in [-0.1, -0.05) is 34.1 Å². The number of para-hydroxylation sites is 1. The molecule has 1 aliphatic heterocycles. The molecule has 0 radical (unpaired) electrons. The highest BCUT2D eigenvalue weighted by Gasteiger charge is 2.19. The zero-order valence-corrected chi connectivity index (χ0v) is 16.8. The zero-order valence-electron chi connectivity index (χ0n) is 15.3. The van der Waals surface area contributed by atoms with Gasteiger partial charge in [-0.15, -0.1) is 0 Å². The van der Waals surface area contributed by atoms with Crippen molar-refractivity contribution in [3.05, 3.63) is 77.0 Å². The van der Waals surface area contributed by atoms with Crippen LogP contribution in [0.15, 0.2) is 71.5 Å². The van der Waals surface area contributed by atoms with E-state index in [1.807, 2.05) is 18.2 Å². The van der Waals surface area contributed by atoms with Crippen molar-refractivity contribution in [3.63, 3.8) is 0 Å². The molecule has 0 aliphatic carbocycles. The second kappa shape index (κ2) is 8.39. The minimum atomic E-state index is -0.180. The summed E-state index contributed by atoms with van der Waals surface area (Å²) < 4.78 is 0.934. The Labute approximate surface area is 172 Å². The summed E-state index contributed by atoms with van der Waals surface area (Å²) in [6.07, 6.45) is 3.31. The molecule has 7 heteroatoms. The van der Waals surface area contributed by atoms with Gasteiger partial charge in [0.25, 0.3) is 5.91 Å². The summed E-state index contributed by atoms with van der Waals surface area (Å²) in [7, 11) is 0. The minimum Gasteiger partial charge on any atom is -0.368 e. The highest BCUT2D eigenvalue weighted by atomic mass is 79.9. The fourth-order valence-corrected chi connectivity index (χ4v) is 3.42. The molecule has 142 valence electrons. The molecule has 0 unspecified atom stereocenters. The monoisotopic (exact) mass is 437 g/mol. The number of nitrogens with one attached hydrogen (secondary N) is 1. The third-order valence-corrected chi connectivity index (χ3v) is 5.22. The van der Waals surface area contributed by atoms with Gasteiger partial charge in [0.05, 0.1) is 18.1 Å². The van der Waals surface area contributed by atoms with Crippen LogP contribution < -0.4 is 15.1 Å². The Morgan fingerprint density at radius 1 is 0.857 bits per heavy atom. The average Bonchev–Trinajstić information content (AvgIpc) is 2.75. The van der Waals surface area contributed by atoms with Crippen LogP contribution in [0.4, 0.5) is 17.3 Å². The molecule has 0 bridgehead atoms. The van der Waals surface area contributed by atoms with Crippen molar-refractivity contribution in [2.45, 2.75) is 0 Å². The van der Waals surface area contributed by atoms with E-state index in [1.165, 1.54) is 5.69 Å². The van der Waals surface area contributed by atoms with Gasteiger partial charge in [-0.2, -0.15) is 0 Å². The third kappa shape index (κ3) is 4.31. The Morgan fingerprint density at radius 2 is 1.46 bits per heavy atom. The molecular formula is C21H20BrN5O. The summed E-state index contributed by atoms with van der Waals surface area (Å²) >= 11 is 3.36. The Hall–Kier alpha value is -2.93. The number of amides is 1. The van der Waals surface area contributed by atoms with Crippen molar-refractivity contribution in [1.82, 2.24) is 9.97 Å². The molecule has 1 aromatic heterocycles. The number of piperazine rings is 1. The maximum absolute atomic E-state index is 12.3. The van der Waals surface area contributed by atoms with Gasteiger partial charge in [-0.05, 0) is 36.4 Å². The lowest BCUT2D eigenvalue weighted by molar-refractivity contribution is 0.102. The molecule has 6 nitrogen and oxygen atoms in total. The number of anilines is 3. The zero-order chi connectivity index (χ0) is 19.3. The van der Waals surface area contributed by atoms with Crippen LogP contribution in [0.2, 0.25) is 0 Å². The fourth-order valence-electron chi connectivity index (χ4n) is 3.16. The van der Waals surface area contributed by atoms with Gasteiger partial charge in [0.1, 0.15) is 0 Å². The largest absolute Gasteiger partial charge is 0.368 e. The number of hydrogen-bond donors (Lipinski definition) is 1. The van der Waals surface area contributed by atoms with Crippen molar-refractivity contribution >= 4 is 39.2 Å². The number of benzene rings is 2. The first-order valence-corrected chi connectivity index (χ1v) is 9.92. The second-order valence-corrected chi connectivity index (χ2v) is 7.46. The molecule has 0 spiro atoms. The molecule has 2 aromatic carbocycles. The molecule has 28 heavy (non-hydrogen) atoms. The Kier molecular flexibility index (Phi) is 5.53. The molecule has 0 saturated carbocycles. The number of rotatable bonds is 4. The molecule has 1 amide bonds. The van der Waals surface area contributed by atoms with Gasteiger partial charge in [-0.3, -0.25) is 4.79 Å². The molecule has 0 atom stereocenters. The van der Waals surface area contributed by atoms with Gasteiger partial charge in [0.2, 0.25) is 5.95 Å². The topological polar surface area (TPSA) is 61.4 Å². The highest BCUT2D eigenvalue weighted by molar-refractivity contribution is 9.10. The third-order valence-electron chi connectivity index (χ3n) is 4.69. The van der Waals surface area contributed by atoms with Gasteiger partial charge in [-0.25, -0.2) is 9.97 Å². The lowest BCUT2D eigenvalue weighted by atomic mass is 10.2. The fraction of sp³-hybridized carbons (Fsp3) is 0.190. The van der Waals surface area contributed by atoms with E-state index < -0.39 is 0 Å². The molecular weight excluding hydrogens is 418 g/mol. The summed E-state index contributed by atoms with van der Waals surface area (Å²) in [6, 6.07) is 17.6. The lowest BCUT2D eigenvalue weighted by Gasteiger charge is -2.36. The maximum atomic E-state index is 12.3. The molecule has 1 saturated heterocycles. The van der Waals surface area contributed by atoms with Crippen molar-refractivity contribution in [3.8, 4) is 0 Å². The van der Waals surface area contributed by atoms with Crippen LogP contribution in [0.5, 0.6) is 0 Å². The van der Waals surface area contributed by atoms with Gasteiger partial charge < -0.3 is 15.1 Å². The van der Waals surface area contributed by atoms with Crippen molar-refractivity contribution in [1.29, 1.82) is 0 Å². The van der Waals surface area contributed by atoms with Gasteiger partial charge in [0.15, 0.2) is 0 Å². The van der Waals surface area contributed by atoms with E-state index in [0.717, 1.165) is 30.7 Å².